The third kappa shape index (κ3) is 7.72. The second-order valence-electron chi connectivity index (χ2n) is 10.8. The van der Waals surface area contributed by atoms with E-state index in [4.69, 9.17) is 4.98 Å². The fraction of sp³-hybridized carbons (Fsp3) is 0.353. The number of aromatic nitrogens is 2. The Morgan fingerprint density at radius 2 is 1.64 bits per heavy atom. The zero-order valence-corrected chi connectivity index (χ0v) is 27.5. The standard InChI is InChI=1S/C34H42N4O4S2/c1-5-8-22-34(40,7-3)32-36-31(43-4)29(6-2)38(32)24-26-18-20-27(21-19-26)28-16-12-13-17-30(28)44(41,42)37-33(39)35-23-25-14-10-9-11-15-25/h9-21,40H,5-8,22-24H2,1-4H3,(H2,35,37,39). The van der Waals surface area contributed by atoms with Gasteiger partial charge in [-0.05, 0) is 48.3 Å². The van der Waals surface area contributed by atoms with Gasteiger partial charge in [0.2, 0.25) is 0 Å². The lowest BCUT2D eigenvalue weighted by atomic mass is 9.92. The van der Waals surface area contributed by atoms with E-state index in [-0.39, 0.29) is 11.4 Å². The van der Waals surface area contributed by atoms with Crippen molar-refractivity contribution in [1.82, 2.24) is 19.6 Å². The molecule has 1 aromatic heterocycles. The van der Waals surface area contributed by atoms with Crippen LogP contribution in [0.15, 0.2) is 88.8 Å². The van der Waals surface area contributed by atoms with Crippen LogP contribution >= 0.6 is 11.8 Å². The minimum Gasteiger partial charge on any atom is -0.382 e. The van der Waals surface area contributed by atoms with E-state index in [1.807, 2.05) is 67.8 Å². The molecule has 1 unspecified atom stereocenters. The summed E-state index contributed by atoms with van der Waals surface area (Å²) in [5, 5.41) is 15.2. The van der Waals surface area contributed by atoms with Crippen molar-refractivity contribution in [2.45, 2.75) is 81.5 Å². The molecule has 0 saturated heterocycles. The average Bonchev–Trinajstić information content (AvgIpc) is 3.41. The molecule has 2 amide bonds. The first-order valence-electron chi connectivity index (χ1n) is 15.0. The van der Waals surface area contributed by atoms with Crippen molar-refractivity contribution in [1.29, 1.82) is 0 Å². The molecule has 0 bridgehead atoms. The van der Waals surface area contributed by atoms with Crippen molar-refractivity contribution < 1.29 is 18.3 Å². The van der Waals surface area contributed by atoms with Crippen molar-refractivity contribution in [2.75, 3.05) is 6.26 Å². The van der Waals surface area contributed by atoms with Gasteiger partial charge in [0.15, 0.2) is 0 Å². The van der Waals surface area contributed by atoms with Crippen LogP contribution < -0.4 is 10.0 Å². The summed E-state index contributed by atoms with van der Waals surface area (Å²) in [4.78, 5) is 17.4. The Balaban J connectivity index is 1.58. The maximum Gasteiger partial charge on any atom is 0.328 e. The Morgan fingerprint density at radius 3 is 2.27 bits per heavy atom. The smallest absolute Gasteiger partial charge is 0.328 e. The molecule has 0 radical (unpaired) electrons. The number of nitrogens with zero attached hydrogens (tertiary/aromatic N) is 2. The van der Waals surface area contributed by atoms with Crippen molar-refractivity contribution in [3.63, 3.8) is 0 Å². The molecule has 1 atom stereocenters. The fourth-order valence-corrected chi connectivity index (χ4v) is 7.14. The molecule has 0 aliphatic rings. The summed E-state index contributed by atoms with van der Waals surface area (Å²) in [7, 11) is -4.15. The van der Waals surface area contributed by atoms with Gasteiger partial charge in [-0.1, -0.05) is 106 Å². The number of benzene rings is 3. The lowest BCUT2D eigenvalue weighted by molar-refractivity contribution is 0.00889. The first-order valence-corrected chi connectivity index (χ1v) is 17.8. The van der Waals surface area contributed by atoms with Crippen LogP contribution in [0, 0.1) is 0 Å². The van der Waals surface area contributed by atoms with Crippen LogP contribution in [0.3, 0.4) is 0 Å². The van der Waals surface area contributed by atoms with E-state index >= 15 is 0 Å². The molecule has 44 heavy (non-hydrogen) atoms. The van der Waals surface area contributed by atoms with Gasteiger partial charge in [-0.25, -0.2) is 22.9 Å². The fourth-order valence-electron chi connectivity index (χ4n) is 5.31. The van der Waals surface area contributed by atoms with Crippen LogP contribution in [0.4, 0.5) is 4.79 Å². The van der Waals surface area contributed by atoms with Gasteiger partial charge in [0.25, 0.3) is 10.0 Å². The predicted molar refractivity (Wildman–Crippen MR) is 177 cm³/mol. The summed E-state index contributed by atoms with van der Waals surface area (Å²) in [5.41, 5.74) is 3.14. The normalized spacial score (nSPS) is 12.9. The third-order valence-corrected chi connectivity index (χ3v) is 9.92. The first-order chi connectivity index (χ1) is 21.2. The number of thioether (sulfide) groups is 1. The highest BCUT2D eigenvalue weighted by Gasteiger charge is 2.34. The number of rotatable bonds is 14. The van der Waals surface area contributed by atoms with Crippen LogP contribution in [-0.4, -0.2) is 35.4 Å². The summed E-state index contributed by atoms with van der Waals surface area (Å²) < 4.78 is 30.9. The van der Waals surface area contributed by atoms with Crippen molar-refractivity contribution in [3.05, 3.63) is 102 Å². The van der Waals surface area contributed by atoms with E-state index in [0.717, 1.165) is 41.1 Å². The third-order valence-electron chi connectivity index (χ3n) is 7.81. The van der Waals surface area contributed by atoms with E-state index in [2.05, 4.69) is 28.5 Å². The maximum atomic E-state index is 13.3. The Morgan fingerprint density at radius 1 is 0.955 bits per heavy atom. The number of imidazole rings is 1. The highest BCUT2D eigenvalue weighted by molar-refractivity contribution is 7.98. The minimum atomic E-state index is -4.15. The number of nitrogens with one attached hydrogen (secondary N) is 2. The molecule has 1 heterocycles. The Bertz CT molecular complexity index is 1650. The molecule has 10 heteroatoms. The first kappa shape index (κ1) is 33.3. The summed E-state index contributed by atoms with van der Waals surface area (Å²) >= 11 is 1.59. The molecule has 0 aliphatic carbocycles. The molecule has 8 nitrogen and oxygen atoms in total. The SMILES string of the molecule is CCCCC(O)(CC)c1nc(SC)c(CC)n1Cc1ccc(-c2ccccc2S(=O)(=O)NC(=O)NCc2ccccc2)cc1. The maximum absolute atomic E-state index is 13.3. The number of amides is 2. The van der Waals surface area contributed by atoms with Crippen LogP contribution in [-0.2, 0) is 35.1 Å². The predicted octanol–water partition coefficient (Wildman–Crippen LogP) is 6.86. The van der Waals surface area contributed by atoms with Gasteiger partial charge in [0.1, 0.15) is 16.5 Å². The highest BCUT2D eigenvalue weighted by atomic mass is 32.2. The molecular weight excluding hydrogens is 593 g/mol. The van der Waals surface area contributed by atoms with Gasteiger partial charge in [0.05, 0.1) is 10.6 Å². The molecule has 0 spiro atoms. The Hall–Kier alpha value is -3.60. The monoisotopic (exact) mass is 634 g/mol. The lowest BCUT2D eigenvalue weighted by Crippen LogP contribution is -2.39. The topological polar surface area (TPSA) is 113 Å². The van der Waals surface area contributed by atoms with Crippen LogP contribution in [0.5, 0.6) is 0 Å². The number of unbranched alkanes of at least 4 members (excludes halogenated alkanes) is 1. The summed E-state index contributed by atoms with van der Waals surface area (Å²) in [6.45, 7) is 6.96. The van der Waals surface area contributed by atoms with Gasteiger partial charge < -0.3 is 15.0 Å². The molecule has 0 aliphatic heterocycles. The van der Waals surface area contributed by atoms with Gasteiger partial charge >= 0.3 is 6.03 Å². The van der Waals surface area contributed by atoms with E-state index in [0.29, 0.717) is 36.3 Å². The van der Waals surface area contributed by atoms with Gasteiger partial charge in [-0.15, -0.1) is 11.8 Å². The molecule has 4 rings (SSSR count). The van der Waals surface area contributed by atoms with Crippen LogP contribution in [0.2, 0.25) is 0 Å². The quantitative estimate of drug-likeness (QED) is 0.131. The number of urea groups is 1. The second-order valence-corrected chi connectivity index (χ2v) is 13.2. The van der Waals surface area contributed by atoms with E-state index in [9.17, 15) is 18.3 Å². The Kier molecular flexibility index (Phi) is 11.3. The van der Waals surface area contributed by atoms with Gasteiger partial charge in [0, 0.05) is 18.7 Å². The molecule has 0 saturated carbocycles. The number of hydrogen-bond donors (Lipinski definition) is 3. The number of hydrogen-bond acceptors (Lipinski definition) is 6. The van der Waals surface area contributed by atoms with Crippen molar-refractivity contribution in [3.8, 4) is 11.1 Å². The Labute approximate surface area is 265 Å². The molecule has 3 aromatic carbocycles. The lowest BCUT2D eigenvalue weighted by Gasteiger charge is -2.27. The second kappa shape index (κ2) is 14.9. The largest absolute Gasteiger partial charge is 0.382 e. The molecule has 0 fully saturated rings. The number of aliphatic hydroxyl groups is 1. The van der Waals surface area contributed by atoms with Gasteiger partial charge in [-0.3, -0.25) is 0 Å². The number of carbonyl (C=O) groups is 1. The number of carbonyl (C=O) groups excluding carboxylic acids is 1. The van der Waals surface area contributed by atoms with Crippen molar-refractivity contribution >= 4 is 27.8 Å². The average molecular weight is 635 g/mol. The number of sulfonamides is 1. The summed E-state index contributed by atoms with van der Waals surface area (Å²) in [5.74, 6) is 0.701. The van der Waals surface area contributed by atoms with E-state index in [1.165, 1.54) is 6.07 Å². The summed E-state index contributed by atoms with van der Waals surface area (Å²) in [6.07, 6.45) is 5.92. The molecule has 234 valence electrons. The summed E-state index contributed by atoms with van der Waals surface area (Å²) in [6, 6.07) is 22.8. The molecule has 4 aromatic rings. The zero-order chi connectivity index (χ0) is 31.7. The van der Waals surface area contributed by atoms with Crippen LogP contribution in [0.1, 0.15) is 69.1 Å². The molecular formula is C34H42N4O4S2. The van der Waals surface area contributed by atoms with E-state index in [1.54, 1.807) is 30.0 Å². The molecule has 3 N–H and O–H groups in total. The highest BCUT2D eigenvalue weighted by Crippen LogP contribution is 2.35. The minimum absolute atomic E-state index is 0.0151. The van der Waals surface area contributed by atoms with Crippen molar-refractivity contribution in [2.24, 2.45) is 0 Å². The van der Waals surface area contributed by atoms with Crippen LogP contribution in [0.25, 0.3) is 11.1 Å². The van der Waals surface area contributed by atoms with Gasteiger partial charge in [-0.2, -0.15) is 0 Å². The zero-order valence-electron chi connectivity index (χ0n) is 25.8. The van der Waals surface area contributed by atoms with E-state index < -0.39 is 21.7 Å².